The van der Waals surface area contributed by atoms with Crippen LogP contribution in [-0.2, 0) is 28.6 Å². The van der Waals surface area contributed by atoms with Gasteiger partial charge in [0.05, 0.1) is 0 Å². The summed E-state index contributed by atoms with van der Waals surface area (Å²) < 4.78 is 17.0. The lowest BCUT2D eigenvalue weighted by atomic mass is 10.0. The second-order valence-electron chi connectivity index (χ2n) is 24.5. The van der Waals surface area contributed by atoms with E-state index in [-0.39, 0.29) is 31.1 Å². The first-order valence-corrected chi connectivity index (χ1v) is 36.4. The van der Waals surface area contributed by atoms with Gasteiger partial charge in [-0.2, -0.15) is 0 Å². The molecule has 0 N–H and O–H groups in total. The largest absolute Gasteiger partial charge is 0.462 e. The highest BCUT2D eigenvalue weighted by atomic mass is 16.6. The quantitative estimate of drug-likeness (QED) is 0.0261. The Bertz CT molecular complexity index is 1520. The molecule has 0 heterocycles. The molecule has 0 spiro atoms. The van der Waals surface area contributed by atoms with Crippen LogP contribution in [0.4, 0.5) is 0 Å². The highest BCUT2D eigenvalue weighted by Gasteiger charge is 2.19. The average Bonchev–Trinajstić information content (AvgIpc) is 3.49. The molecular formula is C77H138O6. The lowest BCUT2D eigenvalue weighted by Crippen LogP contribution is -2.30. The summed E-state index contributed by atoms with van der Waals surface area (Å²) in [5.41, 5.74) is 0. The van der Waals surface area contributed by atoms with Crippen LogP contribution in [0.3, 0.4) is 0 Å². The van der Waals surface area contributed by atoms with Crippen LogP contribution in [0.2, 0.25) is 0 Å². The maximum Gasteiger partial charge on any atom is 0.306 e. The van der Waals surface area contributed by atoms with E-state index in [9.17, 15) is 14.4 Å². The number of rotatable bonds is 67. The highest BCUT2D eigenvalue weighted by Crippen LogP contribution is 2.18. The van der Waals surface area contributed by atoms with Crippen molar-refractivity contribution in [3.8, 4) is 0 Å². The monoisotopic (exact) mass is 1160 g/mol. The first-order chi connectivity index (χ1) is 41.0. The molecule has 0 aliphatic carbocycles. The molecule has 482 valence electrons. The molecule has 0 aromatic rings. The van der Waals surface area contributed by atoms with Crippen LogP contribution in [0, 0.1) is 0 Å². The topological polar surface area (TPSA) is 78.9 Å². The summed E-state index contributed by atoms with van der Waals surface area (Å²) >= 11 is 0. The zero-order valence-electron chi connectivity index (χ0n) is 55.5. The number of esters is 3. The number of carbonyl (C=O) groups is 3. The zero-order chi connectivity index (χ0) is 59.9. The summed E-state index contributed by atoms with van der Waals surface area (Å²) in [5, 5.41) is 0. The van der Waals surface area contributed by atoms with E-state index in [0.29, 0.717) is 19.3 Å². The van der Waals surface area contributed by atoms with Gasteiger partial charge in [0, 0.05) is 19.3 Å². The minimum absolute atomic E-state index is 0.0832. The maximum absolute atomic E-state index is 13.0. The first kappa shape index (κ1) is 79.8. The van der Waals surface area contributed by atoms with Gasteiger partial charge in [-0.05, 0) is 89.9 Å². The summed E-state index contributed by atoms with van der Waals surface area (Å²) in [6, 6.07) is 0. The van der Waals surface area contributed by atoms with E-state index >= 15 is 0 Å². The van der Waals surface area contributed by atoms with Gasteiger partial charge >= 0.3 is 17.9 Å². The lowest BCUT2D eigenvalue weighted by molar-refractivity contribution is -0.167. The summed E-state index contributed by atoms with van der Waals surface area (Å²) in [6.07, 6.45) is 93.7. The van der Waals surface area contributed by atoms with Crippen molar-refractivity contribution in [2.45, 2.75) is 386 Å². The molecule has 6 nitrogen and oxygen atoms in total. The Morgan fingerprint density at radius 2 is 0.470 bits per heavy atom. The minimum Gasteiger partial charge on any atom is -0.462 e. The molecule has 0 amide bonds. The summed E-state index contributed by atoms with van der Waals surface area (Å²) in [7, 11) is 0. The van der Waals surface area contributed by atoms with Crippen LogP contribution < -0.4 is 0 Å². The molecule has 0 fully saturated rings. The molecule has 0 radical (unpaired) electrons. The van der Waals surface area contributed by atoms with Crippen molar-refractivity contribution in [1.29, 1.82) is 0 Å². The van der Waals surface area contributed by atoms with Crippen molar-refractivity contribution in [3.63, 3.8) is 0 Å². The Balaban J connectivity index is 4.35. The molecule has 0 saturated carbocycles. The zero-order valence-corrected chi connectivity index (χ0v) is 55.5. The van der Waals surface area contributed by atoms with Crippen molar-refractivity contribution in [2.75, 3.05) is 13.2 Å². The third-order valence-electron chi connectivity index (χ3n) is 16.2. The Hall–Kier alpha value is -3.15. The molecule has 0 saturated heterocycles. The molecule has 83 heavy (non-hydrogen) atoms. The van der Waals surface area contributed by atoms with Crippen molar-refractivity contribution in [2.24, 2.45) is 0 Å². The molecule has 0 bridgehead atoms. The van der Waals surface area contributed by atoms with E-state index < -0.39 is 6.10 Å². The van der Waals surface area contributed by atoms with Gasteiger partial charge in [0.15, 0.2) is 6.10 Å². The van der Waals surface area contributed by atoms with Crippen molar-refractivity contribution >= 4 is 17.9 Å². The Morgan fingerprint density at radius 3 is 0.759 bits per heavy atom. The predicted molar refractivity (Wildman–Crippen MR) is 362 cm³/mol. The van der Waals surface area contributed by atoms with E-state index in [0.717, 1.165) is 96.3 Å². The van der Waals surface area contributed by atoms with Crippen LogP contribution in [0.25, 0.3) is 0 Å². The summed E-state index contributed by atoms with van der Waals surface area (Å²) in [4.78, 5) is 38.5. The molecule has 6 heteroatoms. The fourth-order valence-corrected chi connectivity index (χ4v) is 10.8. The Kier molecular flexibility index (Phi) is 68.6. The molecule has 1 unspecified atom stereocenters. The van der Waals surface area contributed by atoms with E-state index in [1.54, 1.807) is 0 Å². The van der Waals surface area contributed by atoms with Gasteiger partial charge in [0.2, 0.25) is 0 Å². The summed E-state index contributed by atoms with van der Waals surface area (Å²) in [6.45, 7) is 6.56. The molecule has 0 rings (SSSR count). The Labute approximate surface area is 516 Å². The van der Waals surface area contributed by atoms with Crippen LogP contribution in [0.1, 0.15) is 380 Å². The summed E-state index contributed by atoms with van der Waals surface area (Å²) in [5.74, 6) is -0.895. The van der Waals surface area contributed by atoms with E-state index in [4.69, 9.17) is 14.2 Å². The van der Waals surface area contributed by atoms with Crippen molar-refractivity contribution in [3.05, 3.63) is 72.9 Å². The number of hydrogen-bond acceptors (Lipinski definition) is 6. The van der Waals surface area contributed by atoms with E-state index in [1.165, 1.54) is 244 Å². The second-order valence-corrected chi connectivity index (χ2v) is 24.5. The van der Waals surface area contributed by atoms with Crippen LogP contribution in [-0.4, -0.2) is 37.2 Å². The maximum atomic E-state index is 13.0. The second kappa shape index (κ2) is 71.3. The minimum atomic E-state index is -0.791. The number of unbranched alkanes of at least 4 members (excludes halogenated alkanes) is 44. The molecule has 0 aromatic carbocycles. The Morgan fingerprint density at radius 1 is 0.253 bits per heavy atom. The molecule has 0 aliphatic heterocycles. The van der Waals surface area contributed by atoms with E-state index in [2.05, 4.69) is 93.7 Å². The molecule has 1 atom stereocenters. The lowest BCUT2D eigenvalue weighted by Gasteiger charge is -2.18. The van der Waals surface area contributed by atoms with Crippen molar-refractivity contribution in [1.82, 2.24) is 0 Å². The van der Waals surface area contributed by atoms with Gasteiger partial charge < -0.3 is 14.2 Å². The normalized spacial score (nSPS) is 12.5. The number of ether oxygens (including phenoxy) is 3. The molecule has 0 aliphatic rings. The van der Waals surface area contributed by atoms with Crippen LogP contribution in [0.5, 0.6) is 0 Å². The van der Waals surface area contributed by atoms with Crippen molar-refractivity contribution < 1.29 is 28.6 Å². The number of carbonyl (C=O) groups excluding carboxylic acids is 3. The third-order valence-corrected chi connectivity index (χ3v) is 16.2. The average molecular weight is 1160 g/mol. The standard InChI is InChI=1S/C77H138O6/c1-4-7-10-13-16-19-22-25-28-31-34-36-37-38-39-41-43-46-49-52-55-58-61-64-67-70-76(79)82-73-74(72-81-75(78)69-66-63-60-57-54-51-48-45-42-33-30-27-24-21-18-15-12-9-6-3)83-77(80)71-68-65-62-59-56-53-50-47-44-40-35-32-29-26-23-20-17-14-11-8-5-2/h9,12,18,21,27,30,32,35,42,45,51,54,74H,4-8,10-11,13-17,19-20,22-26,28-29,31,33-34,36-41,43-44,46-50,52-53,55-73H2,1-3H3/b12-9-,21-18-,30-27-,35-32-,45-42-,54-51-. The van der Waals surface area contributed by atoms with Gasteiger partial charge in [0.1, 0.15) is 13.2 Å². The van der Waals surface area contributed by atoms with Gasteiger partial charge in [-0.25, -0.2) is 0 Å². The van der Waals surface area contributed by atoms with Gasteiger partial charge in [0.25, 0.3) is 0 Å². The fourth-order valence-electron chi connectivity index (χ4n) is 10.8. The van der Waals surface area contributed by atoms with Gasteiger partial charge in [-0.1, -0.05) is 344 Å². The number of allylic oxidation sites excluding steroid dienone is 12. The number of hydrogen-bond donors (Lipinski definition) is 0. The molecule has 0 aromatic heterocycles. The highest BCUT2D eigenvalue weighted by molar-refractivity contribution is 5.71. The SMILES string of the molecule is CC/C=C\C/C=C\C/C=C\C/C=C\C/C=C\CCCCCC(=O)OCC(COC(=O)CCCCCCCCCCCCCCCCCCCCCCCCCCC)OC(=O)CCCCCCCCCCC/C=C\CCCCCCCCCC. The van der Waals surface area contributed by atoms with Gasteiger partial charge in [-0.15, -0.1) is 0 Å². The third kappa shape index (κ3) is 69.5. The van der Waals surface area contributed by atoms with Crippen LogP contribution in [0.15, 0.2) is 72.9 Å². The van der Waals surface area contributed by atoms with Gasteiger partial charge in [-0.3, -0.25) is 14.4 Å². The van der Waals surface area contributed by atoms with E-state index in [1.807, 2.05) is 0 Å². The predicted octanol–water partition coefficient (Wildman–Crippen LogP) is 25.2. The fraction of sp³-hybridized carbons (Fsp3) is 0.805. The molecular weight excluding hydrogens is 1020 g/mol. The van der Waals surface area contributed by atoms with Crippen LogP contribution >= 0.6 is 0 Å². The first-order valence-electron chi connectivity index (χ1n) is 36.4. The smallest absolute Gasteiger partial charge is 0.306 e.